The van der Waals surface area contributed by atoms with Gasteiger partial charge in [-0.1, -0.05) is 6.07 Å². The first-order valence-corrected chi connectivity index (χ1v) is 4.88. The topological polar surface area (TPSA) is 89.7 Å². The van der Waals surface area contributed by atoms with E-state index in [4.69, 9.17) is 5.11 Å². The van der Waals surface area contributed by atoms with E-state index in [1.165, 1.54) is 12.1 Å². The Morgan fingerprint density at radius 1 is 1.47 bits per heavy atom. The van der Waals surface area contributed by atoms with Crippen LogP contribution in [0.25, 0.3) is 0 Å². The molecule has 104 valence electrons. The van der Waals surface area contributed by atoms with E-state index in [9.17, 15) is 28.1 Å². The number of rotatable bonds is 5. The molecule has 1 aromatic rings. The predicted molar refractivity (Wildman–Crippen MR) is 55.8 cm³/mol. The summed E-state index contributed by atoms with van der Waals surface area (Å²) in [4.78, 5) is 20.1. The van der Waals surface area contributed by atoms with E-state index in [1.54, 1.807) is 0 Å². The highest BCUT2D eigenvalue weighted by Crippen LogP contribution is 2.28. The third kappa shape index (κ3) is 4.12. The highest BCUT2D eigenvalue weighted by atomic mass is 19.4. The lowest BCUT2D eigenvalue weighted by Crippen LogP contribution is -2.35. The highest BCUT2D eigenvalue weighted by molar-refractivity contribution is 5.71. The Kier molecular flexibility index (Phi) is 4.30. The van der Waals surface area contributed by atoms with Crippen molar-refractivity contribution < 1.29 is 32.7 Å². The van der Waals surface area contributed by atoms with Gasteiger partial charge in [0.25, 0.3) is 5.69 Å². The number of nitro benzene ring substituents is 1. The van der Waals surface area contributed by atoms with Crippen molar-refractivity contribution in [3.63, 3.8) is 0 Å². The lowest BCUT2D eigenvalue weighted by Gasteiger charge is -2.16. The van der Waals surface area contributed by atoms with Crippen molar-refractivity contribution in [3.05, 3.63) is 34.4 Å². The van der Waals surface area contributed by atoms with E-state index in [0.29, 0.717) is 0 Å². The van der Waals surface area contributed by atoms with Crippen molar-refractivity contribution >= 4 is 11.7 Å². The Hall–Kier alpha value is -2.32. The molecule has 1 atom stereocenters. The summed E-state index contributed by atoms with van der Waals surface area (Å²) < 4.78 is 41.6. The summed E-state index contributed by atoms with van der Waals surface area (Å²) in [6.45, 7) is -1.15. The van der Waals surface area contributed by atoms with Crippen LogP contribution < -0.4 is 4.74 Å². The molecule has 0 radical (unpaired) electrons. The molecule has 0 aliphatic heterocycles. The Morgan fingerprint density at radius 3 is 2.58 bits per heavy atom. The summed E-state index contributed by atoms with van der Waals surface area (Å²) in [6.07, 6.45) is -4.95. The molecule has 0 aromatic heterocycles. The number of aliphatic carboxylic acids is 1. The fourth-order valence-corrected chi connectivity index (χ4v) is 1.17. The second-order valence-corrected chi connectivity index (χ2v) is 3.50. The number of hydrogen-bond acceptors (Lipinski definition) is 4. The van der Waals surface area contributed by atoms with E-state index in [-0.39, 0.29) is 11.4 Å². The first kappa shape index (κ1) is 14.7. The van der Waals surface area contributed by atoms with Crippen LogP contribution in [-0.4, -0.2) is 28.8 Å². The third-order valence-electron chi connectivity index (χ3n) is 2.14. The van der Waals surface area contributed by atoms with Gasteiger partial charge in [-0.05, 0) is 6.07 Å². The lowest BCUT2D eigenvalue weighted by molar-refractivity contribution is -0.384. The number of alkyl halides is 3. The zero-order chi connectivity index (χ0) is 14.6. The molecule has 0 spiro atoms. The van der Waals surface area contributed by atoms with E-state index in [2.05, 4.69) is 4.74 Å². The SMILES string of the molecule is O=C(O)C(COc1cccc([N+](=O)[O-])c1)C(F)(F)F. The van der Waals surface area contributed by atoms with Crippen LogP contribution >= 0.6 is 0 Å². The molecule has 0 aliphatic rings. The minimum absolute atomic E-state index is 0.204. The zero-order valence-electron chi connectivity index (χ0n) is 9.26. The summed E-state index contributed by atoms with van der Waals surface area (Å²) >= 11 is 0. The average molecular weight is 279 g/mol. The van der Waals surface area contributed by atoms with E-state index in [0.717, 1.165) is 12.1 Å². The van der Waals surface area contributed by atoms with Crippen molar-refractivity contribution in [2.45, 2.75) is 6.18 Å². The predicted octanol–water partition coefficient (Wildman–Crippen LogP) is 2.24. The van der Waals surface area contributed by atoms with E-state index >= 15 is 0 Å². The quantitative estimate of drug-likeness (QED) is 0.659. The van der Waals surface area contributed by atoms with Crippen molar-refractivity contribution in [1.29, 1.82) is 0 Å². The highest BCUT2D eigenvalue weighted by Gasteiger charge is 2.45. The fraction of sp³-hybridized carbons (Fsp3) is 0.300. The standard InChI is InChI=1S/C10H8F3NO5/c11-10(12,13)8(9(15)16)5-19-7-3-1-2-6(4-7)14(17)18/h1-4,8H,5H2,(H,15,16). The summed E-state index contributed by atoms with van der Waals surface area (Å²) in [7, 11) is 0. The molecule has 0 bridgehead atoms. The number of nitrogens with zero attached hydrogens (tertiary/aromatic N) is 1. The molecule has 1 unspecified atom stereocenters. The maximum atomic E-state index is 12.3. The second kappa shape index (κ2) is 5.55. The van der Waals surface area contributed by atoms with Gasteiger partial charge in [-0.3, -0.25) is 14.9 Å². The van der Waals surface area contributed by atoms with Gasteiger partial charge in [0.15, 0.2) is 5.92 Å². The van der Waals surface area contributed by atoms with Crippen LogP contribution in [0.1, 0.15) is 0 Å². The van der Waals surface area contributed by atoms with Crippen LogP contribution in [0.2, 0.25) is 0 Å². The van der Waals surface area contributed by atoms with E-state index in [1.807, 2.05) is 0 Å². The van der Waals surface area contributed by atoms with Gasteiger partial charge in [-0.25, -0.2) is 0 Å². The minimum Gasteiger partial charge on any atom is -0.492 e. The number of nitro groups is 1. The van der Waals surface area contributed by atoms with Gasteiger partial charge < -0.3 is 9.84 Å². The molecular weight excluding hydrogens is 271 g/mol. The summed E-state index contributed by atoms with van der Waals surface area (Å²) in [5.41, 5.74) is -0.364. The van der Waals surface area contributed by atoms with Gasteiger partial charge in [0.1, 0.15) is 12.4 Å². The maximum Gasteiger partial charge on any atom is 0.405 e. The number of ether oxygens (including phenoxy) is 1. The van der Waals surface area contributed by atoms with Gasteiger partial charge >= 0.3 is 12.1 Å². The van der Waals surface area contributed by atoms with Gasteiger partial charge in [0, 0.05) is 6.07 Å². The number of benzene rings is 1. The Balaban J connectivity index is 2.78. The Bertz CT molecular complexity index is 488. The number of halogens is 3. The third-order valence-corrected chi connectivity index (χ3v) is 2.14. The van der Waals surface area contributed by atoms with Crippen LogP contribution in [0.3, 0.4) is 0 Å². The average Bonchev–Trinajstić information content (AvgIpc) is 2.27. The molecule has 0 fully saturated rings. The molecule has 1 rings (SSSR count). The van der Waals surface area contributed by atoms with Crippen molar-refractivity contribution in [3.8, 4) is 5.75 Å². The number of hydrogen-bond donors (Lipinski definition) is 1. The maximum absolute atomic E-state index is 12.3. The van der Waals surface area contributed by atoms with Gasteiger partial charge in [-0.15, -0.1) is 0 Å². The summed E-state index contributed by atoms with van der Waals surface area (Å²) in [6, 6.07) is 4.46. The van der Waals surface area contributed by atoms with Crippen molar-refractivity contribution in [2.24, 2.45) is 5.92 Å². The monoisotopic (exact) mass is 279 g/mol. The molecule has 1 N–H and O–H groups in total. The van der Waals surface area contributed by atoms with Crippen molar-refractivity contribution in [2.75, 3.05) is 6.61 Å². The number of carboxylic acid groups (broad SMARTS) is 1. The van der Waals surface area contributed by atoms with Crippen LogP contribution in [0.15, 0.2) is 24.3 Å². The normalized spacial score (nSPS) is 12.8. The second-order valence-electron chi connectivity index (χ2n) is 3.50. The molecule has 19 heavy (non-hydrogen) atoms. The molecule has 9 heteroatoms. The van der Waals surface area contributed by atoms with Gasteiger partial charge in [-0.2, -0.15) is 13.2 Å². The summed E-state index contributed by atoms with van der Waals surface area (Å²) in [5.74, 6) is -4.96. The molecule has 0 saturated carbocycles. The van der Waals surface area contributed by atoms with Crippen LogP contribution in [0.4, 0.5) is 18.9 Å². The number of carbonyl (C=O) groups is 1. The minimum atomic E-state index is -4.95. The van der Waals surface area contributed by atoms with Gasteiger partial charge in [0.05, 0.1) is 11.0 Å². The van der Waals surface area contributed by atoms with Crippen molar-refractivity contribution in [1.82, 2.24) is 0 Å². The largest absolute Gasteiger partial charge is 0.492 e. The number of non-ortho nitro benzene ring substituents is 1. The van der Waals surface area contributed by atoms with Crippen LogP contribution in [0, 0.1) is 16.0 Å². The molecular formula is C10H8F3NO5. The lowest BCUT2D eigenvalue weighted by atomic mass is 10.1. The molecule has 0 heterocycles. The smallest absolute Gasteiger partial charge is 0.405 e. The molecule has 0 amide bonds. The van der Waals surface area contributed by atoms with E-state index < -0.39 is 29.6 Å². The van der Waals surface area contributed by atoms with Crippen LogP contribution in [0.5, 0.6) is 5.75 Å². The first-order chi connectivity index (χ1) is 8.71. The number of carboxylic acids is 1. The molecule has 6 nitrogen and oxygen atoms in total. The Morgan fingerprint density at radius 2 is 2.11 bits per heavy atom. The Labute approximate surface area is 104 Å². The fourth-order valence-electron chi connectivity index (χ4n) is 1.17. The van der Waals surface area contributed by atoms with Crippen LogP contribution in [-0.2, 0) is 4.79 Å². The molecule has 0 saturated heterocycles. The van der Waals surface area contributed by atoms with Gasteiger partial charge in [0.2, 0.25) is 0 Å². The summed E-state index contributed by atoms with van der Waals surface area (Å²) in [5, 5.41) is 18.9. The molecule has 1 aromatic carbocycles. The molecule has 0 aliphatic carbocycles. The zero-order valence-corrected chi connectivity index (χ0v) is 9.26. The first-order valence-electron chi connectivity index (χ1n) is 4.88.